The first-order valence-electron chi connectivity index (χ1n) is 7.34. The molecule has 0 aliphatic carbocycles. The van der Waals surface area contributed by atoms with Crippen LogP contribution in [-0.4, -0.2) is 23.0 Å². The van der Waals surface area contributed by atoms with Gasteiger partial charge >= 0.3 is 0 Å². The Morgan fingerprint density at radius 2 is 1.95 bits per heavy atom. The monoisotopic (exact) mass is 267 g/mol. The van der Waals surface area contributed by atoms with Gasteiger partial charge in [0.15, 0.2) is 5.78 Å². The lowest BCUT2D eigenvalue weighted by molar-refractivity contribution is -0.0149. The summed E-state index contributed by atoms with van der Waals surface area (Å²) in [5.41, 5.74) is 1.76. The maximum atomic E-state index is 12.7. The highest BCUT2D eigenvalue weighted by Gasteiger charge is 2.38. The molecule has 2 fully saturated rings. The van der Waals surface area contributed by atoms with Gasteiger partial charge in [-0.15, -0.1) is 0 Å². The molecule has 102 valence electrons. The van der Waals surface area contributed by atoms with Gasteiger partial charge in [0.1, 0.15) is 0 Å². The third-order valence-electron chi connectivity index (χ3n) is 4.55. The topological polar surface area (TPSA) is 39.2 Å². The van der Waals surface area contributed by atoms with Crippen LogP contribution in [0.25, 0.3) is 10.9 Å². The van der Waals surface area contributed by atoms with E-state index in [-0.39, 0.29) is 11.7 Å². The van der Waals surface area contributed by atoms with E-state index in [0.717, 1.165) is 42.1 Å². The third-order valence-corrected chi connectivity index (χ3v) is 4.55. The Morgan fingerprint density at radius 3 is 2.75 bits per heavy atom. The molecule has 20 heavy (non-hydrogen) atoms. The molecule has 3 heteroatoms. The van der Waals surface area contributed by atoms with Crippen molar-refractivity contribution in [1.82, 2.24) is 4.98 Å². The van der Waals surface area contributed by atoms with Crippen LogP contribution in [0.2, 0.25) is 0 Å². The summed E-state index contributed by atoms with van der Waals surface area (Å²) in [6.07, 6.45) is 6.42. The molecular formula is C17H17NO2. The van der Waals surface area contributed by atoms with Crippen molar-refractivity contribution in [2.24, 2.45) is 5.92 Å². The first-order chi connectivity index (χ1) is 9.79. The van der Waals surface area contributed by atoms with Crippen LogP contribution in [0.4, 0.5) is 0 Å². The first-order valence-corrected chi connectivity index (χ1v) is 7.34. The van der Waals surface area contributed by atoms with Crippen LogP contribution in [0.1, 0.15) is 36.0 Å². The number of rotatable bonds is 2. The van der Waals surface area contributed by atoms with Crippen LogP contribution in [0.3, 0.4) is 0 Å². The molecule has 0 amide bonds. The van der Waals surface area contributed by atoms with Crippen molar-refractivity contribution in [3.63, 3.8) is 0 Å². The molecule has 3 heterocycles. The lowest BCUT2D eigenvalue weighted by atomic mass is 9.87. The molecule has 2 unspecified atom stereocenters. The van der Waals surface area contributed by atoms with E-state index in [9.17, 15) is 4.79 Å². The molecule has 2 aliphatic heterocycles. The van der Waals surface area contributed by atoms with Crippen molar-refractivity contribution < 1.29 is 9.53 Å². The van der Waals surface area contributed by atoms with E-state index in [1.807, 2.05) is 30.3 Å². The second-order valence-corrected chi connectivity index (χ2v) is 5.90. The smallest absolute Gasteiger partial charge is 0.166 e. The van der Waals surface area contributed by atoms with Gasteiger partial charge in [-0.05, 0) is 49.9 Å². The minimum absolute atomic E-state index is 0.135. The molecule has 1 aromatic carbocycles. The molecule has 2 aromatic rings. The van der Waals surface area contributed by atoms with Crippen LogP contribution in [0.15, 0.2) is 36.5 Å². The van der Waals surface area contributed by atoms with E-state index in [4.69, 9.17) is 4.74 Å². The zero-order valence-electron chi connectivity index (χ0n) is 11.3. The quantitative estimate of drug-likeness (QED) is 0.783. The number of pyridine rings is 1. The second kappa shape index (κ2) is 4.67. The van der Waals surface area contributed by atoms with E-state index < -0.39 is 0 Å². The van der Waals surface area contributed by atoms with Gasteiger partial charge in [0, 0.05) is 23.1 Å². The molecule has 2 bridgehead atoms. The molecule has 0 N–H and O–H groups in total. The summed E-state index contributed by atoms with van der Waals surface area (Å²) in [5, 5.41) is 1.04. The largest absolute Gasteiger partial charge is 0.375 e. The number of fused-ring (bicyclic) bond motifs is 3. The van der Waals surface area contributed by atoms with E-state index in [1.54, 1.807) is 6.20 Å². The fraction of sp³-hybridized carbons (Fsp3) is 0.412. The van der Waals surface area contributed by atoms with Gasteiger partial charge in [-0.1, -0.05) is 6.07 Å². The number of ether oxygens (including phenoxy) is 1. The molecule has 2 aliphatic rings. The molecule has 2 saturated heterocycles. The zero-order chi connectivity index (χ0) is 13.5. The second-order valence-electron chi connectivity index (χ2n) is 5.90. The number of hydrogen-bond acceptors (Lipinski definition) is 3. The SMILES string of the molecule is O=C(c1ccc2ncccc2c1)C1CC2CCC(C1)O2. The fourth-order valence-corrected chi connectivity index (χ4v) is 3.54. The van der Waals surface area contributed by atoms with Crippen molar-refractivity contribution in [1.29, 1.82) is 0 Å². The Bertz CT molecular complexity index is 655. The van der Waals surface area contributed by atoms with Crippen LogP contribution >= 0.6 is 0 Å². The van der Waals surface area contributed by atoms with E-state index >= 15 is 0 Å². The van der Waals surface area contributed by atoms with Crippen molar-refractivity contribution in [3.05, 3.63) is 42.1 Å². The van der Waals surface area contributed by atoms with Crippen LogP contribution in [0.5, 0.6) is 0 Å². The molecule has 1 aromatic heterocycles. The summed E-state index contributed by atoms with van der Waals surface area (Å²) < 4.78 is 5.82. The Morgan fingerprint density at radius 1 is 1.15 bits per heavy atom. The van der Waals surface area contributed by atoms with Gasteiger partial charge in [-0.3, -0.25) is 9.78 Å². The minimum Gasteiger partial charge on any atom is -0.375 e. The number of carbonyl (C=O) groups is 1. The summed E-state index contributed by atoms with van der Waals surface area (Å²) in [6, 6.07) is 9.74. The predicted octanol–water partition coefficient (Wildman–Crippen LogP) is 3.38. The van der Waals surface area contributed by atoms with Crippen molar-refractivity contribution in [2.45, 2.75) is 37.9 Å². The average Bonchev–Trinajstić information content (AvgIpc) is 2.84. The van der Waals surface area contributed by atoms with Gasteiger partial charge in [-0.25, -0.2) is 0 Å². The summed E-state index contributed by atoms with van der Waals surface area (Å²) in [6.45, 7) is 0. The summed E-state index contributed by atoms with van der Waals surface area (Å²) in [5.74, 6) is 0.409. The zero-order valence-corrected chi connectivity index (χ0v) is 11.3. The highest BCUT2D eigenvalue weighted by molar-refractivity contribution is 6.00. The Balaban J connectivity index is 1.63. The fourth-order valence-electron chi connectivity index (χ4n) is 3.54. The number of benzene rings is 1. The lowest BCUT2D eigenvalue weighted by Gasteiger charge is -2.27. The van der Waals surface area contributed by atoms with Crippen molar-refractivity contribution in [3.8, 4) is 0 Å². The van der Waals surface area contributed by atoms with Gasteiger partial charge in [0.25, 0.3) is 0 Å². The van der Waals surface area contributed by atoms with E-state index in [1.165, 1.54) is 0 Å². The Kier molecular flexibility index (Phi) is 2.81. The first kappa shape index (κ1) is 12.0. The predicted molar refractivity (Wildman–Crippen MR) is 76.7 cm³/mol. The van der Waals surface area contributed by atoms with Crippen LogP contribution < -0.4 is 0 Å². The number of aromatic nitrogens is 1. The van der Waals surface area contributed by atoms with Crippen molar-refractivity contribution >= 4 is 16.7 Å². The number of Topliss-reactive ketones (excluding diaryl/α,β-unsaturated/α-hetero) is 1. The maximum absolute atomic E-state index is 12.7. The van der Waals surface area contributed by atoms with Crippen molar-refractivity contribution in [2.75, 3.05) is 0 Å². The molecular weight excluding hydrogens is 250 g/mol. The molecule has 0 spiro atoms. The third kappa shape index (κ3) is 2.02. The molecule has 3 nitrogen and oxygen atoms in total. The Hall–Kier alpha value is -1.74. The van der Waals surface area contributed by atoms with E-state index in [2.05, 4.69) is 4.98 Å². The highest BCUT2D eigenvalue weighted by Crippen LogP contribution is 2.37. The van der Waals surface area contributed by atoms with Crippen LogP contribution in [0, 0.1) is 5.92 Å². The lowest BCUT2D eigenvalue weighted by Crippen LogP contribution is -2.30. The molecule has 0 radical (unpaired) electrons. The number of hydrogen-bond donors (Lipinski definition) is 0. The number of ketones is 1. The summed E-state index contributed by atoms with van der Waals surface area (Å²) in [7, 11) is 0. The molecule has 2 atom stereocenters. The van der Waals surface area contributed by atoms with Gasteiger partial charge < -0.3 is 4.74 Å². The van der Waals surface area contributed by atoms with Crippen LogP contribution in [-0.2, 0) is 4.74 Å². The van der Waals surface area contributed by atoms with E-state index in [0.29, 0.717) is 12.2 Å². The minimum atomic E-state index is 0.135. The van der Waals surface area contributed by atoms with Gasteiger partial charge in [0.2, 0.25) is 0 Å². The summed E-state index contributed by atoms with van der Waals surface area (Å²) >= 11 is 0. The molecule has 0 saturated carbocycles. The average molecular weight is 267 g/mol. The highest BCUT2D eigenvalue weighted by atomic mass is 16.5. The summed E-state index contributed by atoms with van der Waals surface area (Å²) in [4.78, 5) is 17.0. The number of nitrogens with zero attached hydrogens (tertiary/aromatic N) is 1. The Labute approximate surface area is 118 Å². The molecule has 4 rings (SSSR count). The maximum Gasteiger partial charge on any atom is 0.166 e. The van der Waals surface area contributed by atoms with Gasteiger partial charge in [0.05, 0.1) is 17.7 Å². The number of carbonyl (C=O) groups excluding carboxylic acids is 1. The van der Waals surface area contributed by atoms with Gasteiger partial charge in [-0.2, -0.15) is 0 Å². The normalized spacial score (nSPS) is 28.7. The standard InChI is InChI=1S/C17H17NO2/c19-17(13-9-14-4-5-15(10-13)20-14)12-3-6-16-11(8-12)2-1-7-18-16/h1-3,6-8,13-15H,4-5,9-10H2.